The van der Waals surface area contributed by atoms with Crippen LogP contribution in [0.4, 0.5) is 5.69 Å². The van der Waals surface area contributed by atoms with Gasteiger partial charge in [-0.1, -0.05) is 23.7 Å². The Kier molecular flexibility index (Phi) is 5.33. The van der Waals surface area contributed by atoms with Crippen LogP contribution in [0.5, 0.6) is 0 Å². The molecule has 5 nitrogen and oxygen atoms in total. The molecular weight excluding hydrogens is 360 g/mol. The van der Waals surface area contributed by atoms with Crippen LogP contribution in [0.1, 0.15) is 15.4 Å². The number of anilines is 1. The van der Waals surface area contributed by atoms with Crippen molar-refractivity contribution in [2.45, 2.75) is 0 Å². The minimum absolute atomic E-state index is 0.0633. The number of carbonyl (C=O) groups is 2. The highest BCUT2D eigenvalue weighted by molar-refractivity contribution is 7.12. The number of carbonyl (C=O) groups excluding carboxylic acids is 2. The van der Waals surface area contributed by atoms with E-state index >= 15 is 0 Å². The lowest BCUT2D eigenvalue weighted by molar-refractivity contribution is -0.113. The van der Waals surface area contributed by atoms with E-state index in [0.717, 1.165) is 0 Å². The van der Waals surface area contributed by atoms with Crippen LogP contribution in [-0.2, 0) is 4.79 Å². The molecule has 0 bridgehead atoms. The maximum atomic E-state index is 12.6. The maximum Gasteiger partial charge on any atom is 0.272 e. The monoisotopic (exact) mass is 372 g/mol. The SMILES string of the molecule is O=C(Nc1cccc(Cl)c1)/C(=C/c1ccco1)NC(=O)c1cccs1. The molecule has 126 valence electrons. The quantitative estimate of drug-likeness (QED) is 0.652. The van der Waals surface area contributed by atoms with Gasteiger partial charge in [-0.05, 0) is 41.8 Å². The lowest BCUT2D eigenvalue weighted by Gasteiger charge is -2.10. The summed E-state index contributed by atoms with van der Waals surface area (Å²) in [4.78, 5) is 25.4. The summed E-state index contributed by atoms with van der Waals surface area (Å²) in [5, 5.41) is 7.61. The second-order valence-electron chi connectivity index (χ2n) is 4.97. The first kappa shape index (κ1) is 17.0. The van der Waals surface area contributed by atoms with Gasteiger partial charge < -0.3 is 15.1 Å². The average molecular weight is 373 g/mol. The molecule has 0 fully saturated rings. The highest BCUT2D eigenvalue weighted by atomic mass is 35.5. The Labute approximate surface area is 152 Å². The fourth-order valence-corrected chi connectivity index (χ4v) is 2.84. The number of hydrogen-bond acceptors (Lipinski definition) is 4. The summed E-state index contributed by atoms with van der Waals surface area (Å²) in [6.45, 7) is 0. The molecule has 0 saturated carbocycles. The van der Waals surface area contributed by atoms with Gasteiger partial charge >= 0.3 is 0 Å². The summed E-state index contributed by atoms with van der Waals surface area (Å²) < 4.78 is 5.23. The van der Waals surface area contributed by atoms with E-state index in [-0.39, 0.29) is 11.6 Å². The first-order chi connectivity index (χ1) is 12.1. The zero-order valence-electron chi connectivity index (χ0n) is 12.9. The summed E-state index contributed by atoms with van der Waals surface area (Å²) in [6.07, 6.45) is 2.95. The number of amides is 2. The molecule has 0 radical (unpaired) electrons. The van der Waals surface area contributed by atoms with Gasteiger partial charge in [0.25, 0.3) is 11.8 Å². The van der Waals surface area contributed by atoms with Gasteiger partial charge in [-0.2, -0.15) is 0 Å². The highest BCUT2D eigenvalue weighted by Crippen LogP contribution is 2.17. The van der Waals surface area contributed by atoms with E-state index in [1.54, 1.807) is 53.9 Å². The van der Waals surface area contributed by atoms with Crippen LogP contribution >= 0.6 is 22.9 Å². The van der Waals surface area contributed by atoms with Gasteiger partial charge in [0.1, 0.15) is 11.5 Å². The van der Waals surface area contributed by atoms with Gasteiger partial charge in [0.05, 0.1) is 11.1 Å². The molecule has 0 unspecified atom stereocenters. The van der Waals surface area contributed by atoms with Crippen LogP contribution in [-0.4, -0.2) is 11.8 Å². The predicted octanol–water partition coefficient (Wildman–Crippen LogP) is 4.40. The molecule has 7 heteroatoms. The van der Waals surface area contributed by atoms with Crippen molar-refractivity contribution in [1.82, 2.24) is 5.32 Å². The summed E-state index contributed by atoms with van der Waals surface area (Å²) >= 11 is 7.21. The Morgan fingerprint density at radius 2 is 2.00 bits per heavy atom. The van der Waals surface area contributed by atoms with Crippen molar-refractivity contribution in [3.8, 4) is 0 Å². The number of hydrogen-bond donors (Lipinski definition) is 2. The Morgan fingerprint density at radius 3 is 2.68 bits per heavy atom. The molecular formula is C18H13ClN2O3S. The van der Waals surface area contributed by atoms with E-state index in [1.807, 2.05) is 0 Å². The van der Waals surface area contributed by atoms with E-state index in [1.165, 1.54) is 23.7 Å². The molecule has 0 aliphatic carbocycles. The van der Waals surface area contributed by atoms with Gasteiger partial charge in [-0.15, -0.1) is 11.3 Å². The van der Waals surface area contributed by atoms with Gasteiger partial charge in [0.15, 0.2) is 0 Å². The molecule has 2 aromatic heterocycles. The van der Waals surface area contributed by atoms with Crippen molar-refractivity contribution >= 4 is 46.5 Å². The highest BCUT2D eigenvalue weighted by Gasteiger charge is 2.16. The summed E-state index contributed by atoms with van der Waals surface area (Å²) in [5.41, 5.74) is 0.585. The zero-order valence-corrected chi connectivity index (χ0v) is 14.4. The molecule has 0 spiro atoms. The second kappa shape index (κ2) is 7.83. The molecule has 1 aromatic carbocycles. The van der Waals surface area contributed by atoms with Gasteiger partial charge in [-0.25, -0.2) is 0 Å². The van der Waals surface area contributed by atoms with Crippen LogP contribution in [0, 0.1) is 0 Å². The Balaban J connectivity index is 1.83. The second-order valence-corrected chi connectivity index (χ2v) is 6.35. The molecule has 2 amide bonds. The van der Waals surface area contributed by atoms with Crippen molar-refractivity contribution in [2.75, 3.05) is 5.32 Å². The summed E-state index contributed by atoms with van der Waals surface area (Å²) in [7, 11) is 0. The number of thiophene rings is 1. The maximum absolute atomic E-state index is 12.6. The molecule has 3 aromatic rings. The number of rotatable bonds is 5. The molecule has 0 saturated heterocycles. The molecule has 0 aliphatic rings. The third-order valence-corrected chi connectivity index (χ3v) is 4.25. The van der Waals surface area contributed by atoms with E-state index in [0.29, 0.717) is 21.3 Å². The molecule has 2 heterocycles. The fourth-order valence-electron chi connectivity index (χ4n) is 2.03. The minimum Gasteiger partial charge on any atom is -0.465 e. The van der Waals surface area contributed by atoms with E-state index < -0.39 is 5.91 Å². The number of benzene rings is 1. The van der Waals surface area contributed by atoms with Gasteiger partial charge in [-0.3, -0.25) is 9.59 Å². The Morgan fingerprint density at radius 1 is 1.12 bits per heavy atom. The fraction of sp³-hybridized carbons (Fsp3) is 0. The first-order valence-electron chi connectivity index (χ1n) is 7.29. The third-order valence-electron chi connectivity index (χ3n) is 3.15. The van der Waals surface area contributed by atoms with Gasteiger partial charge in [0.2, 0.25) is 0 Å². The molecule has 25 heavy (non-hydrogen) atoms. The van der Waals surface area contributed by atoms with Crippen LogP contribution in [0.2, 0.25) is 5.02 Å². The van der Waals surface area contributed by atoms with Crippen molar-refractivity contribution in [3.63, 3.8) is 0 Å². The molecule has 0 atom stereocenters. The Bertz CT molecular complexity index is 902. The lowest BCUT2D eigenvalue weighted by Crippen LogP contribution is -2.30. The Hall–Kier alpha value is -2.83. The van der Waals surface area contributed by atoms with Crippen LogP contribution < -0.4 is 10.6 Å². The minimum atomic E-state index is -0.483. The zero-order chi connectivity index (χ0) is 17.6. The van der Waals surface area contributed by atoms with Crippen molar-refractivity contribution in [2.24, 2.45) is 0 Å². The third kappa shape index (κ3) is 4.59. The van der Waals surface area contributed by atoms with Gasteiger partial charge in [0, 0.05) is 16.8 Å². The van der Waals surface area contributed by atoms with E-state index in [9.17, 15) is 9.59 Å². The van der Waals surface area contributed by atoms with Crippen molar-refractivity contribution in [3.05, 3.63) is 81.5 Å². The van der Waals surface area contributed by atoms with Crippen LogP contribution in [0.15, 0.2) is 70.3 Å². The molecule has 3 rings (SSSR count). The van der Waals surface area contributed by atoms with Crippen molar-refractivity contribution < 1.29 is 14.0 Å². The lowest BCUT2D eigenvalue weighted by atomic mass is 10.2. The van der Waals surface area contributed by atoms with E-state index in [2.05, 4.69) is 10.6 Å². The molecule has 0 aliphatic heterocycles. The average Bonchev–Trinajstić information content (AvgIpc) is 3.28. The van der Waals surface area contributed by atoms with Crippen molar-refractivity contribution in [1.29, 1.82) is 0 Å². The van der Waals surface area contributed by atoms with E-state index in [4.69, 9.17) is 16.0 Å². The number of furan rings is 1. The van der Waals surface area contributed by atoms with Crippen LogP contribution in [0.3, 0.4) is 0 Å². The normalized spacial score (nSPS) is 11.2. The number of halogens is 1. The predicted molar refractivity (Wildman–Crippen MR) is 98.6 cm³/mol. The topological polar surface area (TPSA) is 71.3 Å². The standard InChI is InChI=1S/C18H13ClN2O3S/c19-12-4-1-5-13(10-12)20-17(22)15(11-14-6-2-8-24-14)21-18(23)16-7-3-9-25-16/h1-11H,(H,20,22)(H,21,23)/b15-11-. The molecule has 2 N–H and O–H groups in total. The summed E-state index contributed by atoms with van der Waals surface area (Å²) in [5.74, 6) is -0.402. The summed E-state index contributed by atoms with van der Waals surface area (Å²) in [6, 6.07) is 13.6. The van der Waals surface area contributed by atoms with Crippen LogP contribution in [0.25, 0.3) is 6.08 Å². The smallest absolute Gasteiger partial charge is 0.272 e. The first-order valence-corrected chi connectivity index (χ1v) is 8.54. The largest absolute Gasteiger partial charge is 0.465 e. The number of nitrogens with one attached hydrogen (secondary N) is 2.